The van der Waals surface area contributed by atoms with Crippen LogP contribution in [0.15, 0.2) is 6.20 Å². The molecule has 0 spiro atoms. The number of carbonyl (C=O) groups is 4. The summed E-state index contributed by atoms with van der Waals surface area (Å²) in [6.45, 7) is 3.91. The van der Waals surface area contributed by atoms with Crippen LogP contribution in [0.1, 0.15) is 89.8 Å². The van der Waals surface area contributed by atoms with Crippen molar-refractivity contribution >= 4 is 23.5 Å². The van der Waals surface area contributed by atoms with Gasteiger partial charge in [0.15, 0.2) is 0 Å². The summed E-state index contributed by atoms with van der Waals surface area (Å²) in [5.41, 5.74) is 9.49. The zero-order valence-electron chi connectivity index (χ0n) is 23.5. The number of rotatable bonds is 9. The molecule has 3 aliphatic rings. The number of hydrogen-bond donors (Lipinski definition) is 4. The minimum Gasteiger partial charge on any atom is -0.384 e. The molecule has 0 bridgehead atoms. The summed E-state index contributed by atoms with van der Waals surface area (Å²) in [5.74, 6) is -2.57. The molecule has 3 amide bonds. The highest BCUT2D eigenvalue weighted by molar-refractivity contribution is 6.39. The van der Waals surface area contributed by atoms with Gasteiger partial charge in [0.05, 0.1) is 24.0 Å². The number of hydrogen-bond acceptors (Lipinski definition) is 9. The van der Waals surface area contributed by atoms with E-state index in [1.165, 1.54) is 17.5 Å². The average Bonchev–Trinajstić information content (AvgIpc) is 3.52. The molecule has 1 aromatic heterocycles. The number of amides is 3. The summed E-state index contributed by atoms with van der Waals surface area (Å²) in [5, 5.41) is 21.6. The Balaban J connectivity index is 1.61. The van der Waals surface area contributed by atoms with Crippen LogP contribution in [-0.4, -0.2) is 85.9 Å². The van der Waals surface area contributed by atoms with Gasteiger partial charge in [0.25, 0.3) is 5.91 Å². The van der Waals surface area contributed by atoms with Crippen molar-refractivity contribution in [3.63, 3.8) is 0 Å². The van der Waals surface area contributed by atoms with E-state index in [0.717, 1.165) is 25.7 Å². The van der Waals surface area contributed by atoms with Gasteiger partial charge in [-0.05, 0) is 39.0 Å². The second-order valence-electron chi connectivity index (χ2n) is 12.1. The molecule has 3 heterocycles. The Labute approximate surface area is 234 Å². The van der Waals surface area contributed by atoms with E-state index in [9.17, 15) is 24.3 Å². The van der Waals surface area contributed by atoms with Gasteiger partial charge in [-0.2, -0.15) is 0 Å². The van der Waals surface area contributed by atoms with Gasteiger partial charge in [0.2, 0.25) is 17.6 Å². The molecule has 13 heteroatoms. The maximum atomic E-state index is 13.9. The van der Waals surface area contributed by atoms with E-state index < -0.39 is 46.9 Å². The Kier molecular flexibility index (Phi) is 9.26. The van der Waals surface area contributed by atoms with Crippen molar-refractivity contribution in [3.8, 4) is 0 Å². The van der Waals surface area contributed by atoms with Gasteiger partial charge in [-0.15, -0.1) is 5.10 Å². The van der Waals surface area contributed by atoms with E-state index in [4.69, 9.17) is 16.2 Å². The fourth-order valence-corrected chi connectivity index (χ4v) is 6.44. The minimum absolute atomic E-state index is 0.0950. The third kappa shape index (κ3) is 6.52. The molecule has 0 unspecified atom stereocenters. The Hall–Kier alpha value is -2.90. The number of ketones is 1. The third-order valence-electron chi connectivity index (χ3n) is 8.63. The highest BCUT2D eigenvalue weighted by Crippen LogP contribution is 2.34. The Morgan fingerprint density at radius 3 is 2.58 bits per heavy atom. The second-order valence-corrected chi connectivity index (χ2v) is 12.1. The first-order valence-electron chi connectivity index (χ1n) is 14.4. The van der Waals surface area contributed by atoms with Crippen LogP contribution in [0.25, 0.3) is 0 Å². The lowest BCUT2D eigenvalue weighted by atomic mass is 9.84. The number of primary amides is 1. The number of nitrogens with zero attached hydrogens (tertiary/aromatic N) is 4. The Morgan fingerprint density at radius 2 is 1.90 bits per heavy atom. The summed E-state index contributed by atoms with van der Waals surface area (Å²) < 4.78 is 7.03. The summed E-state index contributed by atoms with van der Waals surface area (Å²) in [4.78, 5) is 54.1. The van der Waals surface area contributed by atoms with Crippen molar-refractivity contribution in [1.29, 1.82) is 0 Å². The topological polar surface area (TPSA) is 196 Å². The van der Waals surface area contributed by atoms with Crippen molar-refractivity contribution in [2.45, 2.75) is 107 Å². The zero-order valence-corrected chi connectivity index (χ0v) is 23.5. The first kappa shape index (κ1) is 30.1. The molecular formula is C27H43N7O6. The van der Waals surface area contributed by atoms with Crippen molar-refractivity contribution in [2.24, 2.45) is 17.4 Å². The van der Waals surface area contributed by atoms with Gasteiger partial charge in [-0.3, -0.25) is 19.2 Å². The summed E-state index contributed by atoms with van der Waals surface area (Å²) in [6, 6.07) is -2.23. The van der Waals surface area contributed by atoms with E-state index in [2.05, 4.69) is 15.6 Å². The monoisotopic (exact) mass is 561 g/mol. The number of nitrogens with two attached hydrogens (primary N) is 2. The van der Waals surface area contributed by atoms with E-state index >= 15 is 0 Å². The van der Waals surface area contributed by atoms with Crippen LogP contribution < -0.4 is 16.8 Å². The number of ether oxygens (including phenoxy) is 1. The third-order valence-corrected chi connectivity index (χ3v) is 8.63. The van der Waals surface area contributed by atoms with Crippen molar-refractivity contribution in [1.82, 2.24) is 25.2 Å². The van der Waals surface area contributed by atoms with Gasteiger partial charge >= 0.3 is 0 Å². The number of aromatic nitrogens is 3. The van der Waals surface area contributed by atoms with Gasteiger partial charge in [0.1, 0.15) is 17.2 Å². The predicted molar refractivity (Wildman–Crippen MR) is 143 cm³/mol. The van der Waals surface area contributed by atoms with Gasteiger partial charge in [0, 0.05) is 32.6 Å². The largest absolute Gasteiger partial charge is 0.384 e. The number of Topliss-reactive ketones (excluding diaryl/α,β-unsaturated/α-hetero) is 1. The normalized spacial score (nSPS) is 27.1. The van der Waals surface area contributed by atoms with Crippen LogP contribution in [-0.2, 0) is 29.5 Å². The van der Waals surface area contributed by atoms with Crippen LogP contribution in [0.4, 0.5) is 0 Å². The first-order chi connectivity index (χ1) is 18.9. The average molecular weight is 562 g/mol. The first-order valence-corrected chi connectivity index (χ1v) is 14.4. The van der Waals surface area contributed by atoms with Crippen LogP contribution in [0.3, 0.4) is 0 Å². The van der Waals surface area contributed by atoms with Crippen LogP contribution in [0.5, 0.6) is 0 Å². The molecule has 4 atom stereocenters. The summed E-state index contributed by atoms with van der Waals surface area (Å²) in [7, 11) is 0. The highest BCUT2D eigenvalue weighted by atomic mass is 16.5. The molecule has 2 aliphatic heterocycles. The fourth-order valence-electron chi connectivity index (χ4n) is 6.44. The maximum Gasteiger partial charge on any atom is 0.287 e. The van der Waals surface area contributed by atoms with Gasteiger partial charge in [-0.1, -0.05) is 37.3 Å². The van der Waals surface area contributed by atoms with Crippen LogP contribution >= 0.6 is 0 Å². The molecule has 222 valence electrons. The molecule has 1 aliphatic carbocycles. The fraction of sp³-hybridized carbons (Fsp3) is 0.778. The van der Waals surface area contributed by atoms with Crippen LogP contribution in [0.2, 0.25) is 0 Å². The zero-order chi connectivity index (χ0) is 29.1. The number of carbonyl (C=O) groups excluding carboxylic acids is 4. The molecule has 1 saturated carbocycles. The quantitative estimate of drug-likeness (QED) is 0.301. The summed E-state index contributed by atoms with van der Waals surface area (Å²) in [6.07, 6.45) is 8.38. The predicted octanol–water partition coefficient (Wildman–Crippen LogP) is 0.0551. The van der Waals surface area contributed by atoms with E-state index in [0.29, 0.717) is 31.1 Å². The molecule has 0 aromatic carbocycles. The molecule has 3 fully saturated rings. The molecule has 4 rings (SSSR count). The van der Waals surface area contributed by atoms with E-state index in [-0.39, 0.29) is 38.3 Å². The maximum absolute atomic E-state index is 13.9. The van der Waals surface area contributed by atoms with Gasteiger partial charge in [-0.25, -0.2) is 4.68 Å². The highest BCUT2D eigenvalue weighted by Gasteiger charge is 2.48. The molecule has 13 nitrogen and oxygen atoms in total. The Bertz CT molecular complexity index is 1090. The van der Waals surface area contributed by atoms with Crippen molar-refractivity contribution < 1.29 is 29.0 Å². The minimum atomic E-state index is -1.51. The Morgan fingerprint density at radius 1 is 1.18 bits per heavy atom. The molecule has 0 radical (unpaired) electrons. The lowest BCUT2D eigenvalue weighted by Gasteiger charge is -2.34. The van der Waals surface area contributed by atoms with Gasteiger partial charge < -0.3 is 31.5 Å². The molecule has 1 aromatic rings. The number of nitrogens with one attached hydrogen (secondary N) is 1. The van der Waals surface area contributed by atoms with E-state index in [1.807, 2.05) is 0 Å². The molecular weight excluding hydrogens is 518 g/mol. The SMILES string of the molecule is CC(C)(O)c1cnnn1[C@H]1C[C@@H](C(=O)N[C@]2(C(=O)C(N)=O)CCCOCC2)N(C(=O)[C@H](N)CC2CCCCC2)C1. The van der Waals surface area contributed by atoms with Crippen LogP contribution in [0, 0.1) is 5.92 Å². The van der Waals surface area contributed by atoms with Crippen molar-refractivity contribution in [3.05, 3.63) is 11.9 Å². The number of aliphatic hydroxyl groups is 1. The molecule has 2 saturated heterocycles. The second kappa shape index (κ2) is 12.3. The lowest BCUT2D eigenvalue weighted by Crippen LogP contribution is -2.62. The standard InChI is InChI=1S/C27H43N7O6/c1-26(2,39)21-15-30-32-34(21)18-14-20(33(16-18)25(38)19(28)13-17-7-4-3-5-8-17)24(37)31-27(22(35)23(29)36)9-6-11-40-12-10-27/h15,17-20,39H,3-14,16,28H2,1-2H3,(H2,29,36)(H,31,37)/t18-,19+,20-,27+/m0/s1. The smallest absolute Gasteiger partial charge is 0.287 e. The molecule has 6 N–H and O–H groups in total. The lowest BCUT2D eigenvalue weighted by molar-refractivity contribution is -0.145. The summed E-state index contributed by atoms with van der Waals surface area (Å²) >= 11 is 0. The van der Waals surface area contributed by atoms with Crippen molar-refractivity contribution in [2.75, 3.05) is 19.8 Å². The number of likely N-dealkylation sites (tertiary alicyclic amines) is 1. The molecule has 40 heavy (non-hydrogen) atoms. The van der Waals surface area contributed by atoms with E-state index in [1.54, 1.807) is 18.5 Å².